The first-order valence-corrected chi connectivity index (χ1v) is 13.4. The topological polar surface area (TPSA) is 157 Å². The van der Waals surface area contributed by atoms with Crippen molar-refractivity contribution >= 4 is 29.8 Å². The van der Waals surface area contributed by atoms with E-state index in [-0.39, 0.29) is 25.9 Å². The minimum absolute atomic E-state index is 0.0783. The van der Waals surface area contributed by atoms with Crippen molar-refractivity contribution in [2.45, 2.75) is 90.3 Å². The summed E-state index contributed by atoms with van der Waals surface area (Å²) in [7, 11) is 1.21. The third kappa shape index (κ3) is 13.1. The Morgan fingerprint density at radius 2 is 1.64 bits per heavy atom. The largest absolute Gasteiger partial charge is 0.468 e. The molecule has 2 atom stereocenters. The molecule has 39 heavy (non-hydrogen) atoms. The van der Waals surface area contributed by atoms with Crippen LogP contribution in [-0.2, 0) is 28.7 Å². The first kappa shape index (κ1) is 33.4. The van der Waals surface area contributed by atoms with Crippen molar-refractivity contribution in [1.29, 1.82) is 0 Å². The third-order valence-electron chi connectivity index (χ3n) is 5.76. The van der Waals surface area contributed by atoms with E-state index >= 15 is 0 Å². The molecule has 0 heterocycles. The van der Waals surface area contributed by atoms with Crippen LogP contribution in [0.2, 0.25) is 0 Å². The summed E-state index contributed by atoms with van der Waals surface area (Å²) in [5.41, 5.74) is 5.04. The number of rotatable bonds is 16. The Labute approximate surface area is 231 Å². The summed E-state index contributed by atoms with van der Waals surface area (Å²) in [6, 6.07) is 6.39. The lowest BCUT2D eigenvalue weighted by Crippen LogP contribution is -2.53. The standard InChI is InChI=1S/C28H44N4O7/c1-6-7-8-9-13-18-32(24(20-14-11-10-12-15-20)25(35)30-19-23(34)38-5)26(36)21(16-17-22(29)33)31-27(37)39-28(2,3)4/h10-12,14-15,21,24H,6-9,13,16-19H2,1-5H3,(H2,29,33)(H,30,35)(H,31,37). The fraction of sp³-hybridized carbons (Fsp3) is 0.607. The summed E-state index contributed by atoms with van der Waals surface area (Å²) >= 11 is 0. The second-order valence-corrected chi connectivity index (χ2v) is 10.3. The van der Waals surface area contributed by atoms with Crippen LogP contribution in [0.3, 0.4) is 0 Å². The number of nitrogens with one attached hydrogen (secondary N) is 2. The summed E-state index contributed by atoms with van der Waals surface area (Å²) < 4.78 is 9.97. The number of esters is 1. The maximum atomic E-state index is 14.0. The quantitative estimate of drug-likeness (QED) is 0.212. The number of hydrogen-bond acceptors (Lipinski definition) is 7. The average molecular weight is 549 g/mol. The van der Waals surface area contributed by atoms with Crippen LogP contribution in [0.1, 0.15) is 84.2 Å². The zero-order chi connectivity index (χ0) is 29.4. The molecule has 218 valence electrons. The molecule has 0 bridgehead atoms. The molecule has 1 aromatic carbocycles. The number of carbonyl (C=O) groups excluding carboxylic acids is 5. The van der Waals surface area contributed by atoms with Crippen LogP contribution in [0.25, 0.3) is 0 Å². The minimum atomic E-state index is -1.18. The Balaban J connectivity index is 3.42. The first-order valence-electron chi connectivity index (χ1n) is 13.4. The van der Waals surface area contributed by atoms with Crippen LogP contribution >= 0.6 is 0 Å². The Hall–Kier alpha value is -3.63. The number of amides is 4. The molecule has 1 aromatic rings. The second kappa shape index (κ2) is 17.1. The van der Waals surface area contributed by atoms with Gasteiger partial charge in [-0.25, -0.2) is 4.79 Å². The van der Waals surface area contributed by atoms with Crippen LogP contribution in [0.4, 0.5) is 4.79 Å². The monoisotopic (exact) mass is 548 g/mol. The van der Waals surface area contributed by atoms with Gasteiger partial charge >= 0.3 is 12.1 Å². The fourth-order valence-electron chi connectivity index (χ4n) is 3.88. The van der Waals surface area contributed by atoms with Gasteiger partial charge in [0.15, 0.2) is 0 Å². The summed E-state index contributed by atoms with van der Waals surface area (Å²) in [6.45, 7) is 6.99. The molecule has 2 unspecified atom stereocenters. The number of methoxy groups -OCH3 is 1. The molecule has 0 fully saturated rings. The van der Waals surface area contributed by atoms with Crippen molar-refractivity contribution in [2.24, 2.45) is 5.73 Å². The van der Waals surface area contributed by atoms with Gasteiger partial charge in [0.05, 0.1) is 7.11 Å². The average Bonchev–Trinajstić information content (AvgIpc) is 2.87. The van der Waals surface area contributed by atoms with Gasteiger partial charge in [0.1, 0.15) is 24.2 Å². The smallest absolute Gasteiger partial charge is 0.408 e. The van der Waals surface area contributed by atoms with Gasteiger partial charge in [-0.1, -0.05) is 62.9 Å². The maximum absolute atomic E-state index is 14.0. The van der Waals surface area contributed by atoms with Crippen molar-refractivity contribution in [3.05, 3.63) is 35.9 Å². The fourth-order valence-corrected chi connectivity index (χ4v) is 3.88. The molecule has 0 saturated carbocycles. The van der Waals surface area contributed by atoms with Gasteiger partial charge in [0.25, 0.3) is 0 Å². The number of carbonyl (C=O) groups is 5. The van der Waals surface area contributed by atoms with E-state index in [0.717, 1.165) is 25.7 Å². The number of unbranched alkanes of at least 4 members (excludes halogenated alkanes) is 4. The molecule has 0 aromatic heterocycles. The summed E-state index contributed by atoms with van der Waals surface area (Å²) in [5, 5.41) is 5.10. The highest BCUT2D eigenvalue weighted by Crippen LogP contribution is 2.24. The maximum Gasteiger partial charge on any atom is 0.408 e. The van der Waals surface area contributed by atoms with Crippen molar-refractivity contribution in [3.8, 4) is 0 Å². The molecule has 4 N–H and O–H groups in total. The molecule has 0 saturated heterocycles. The van der Waals surface area contributed by atoms with Crippen LogP contribution in [0.5, 0.6) is 0 Å². The molecule has 1 rings (SSSR count). The molecule has 0 spiro atoms. The first-order chi connectivity index (χ1) is 18.4. The normalized spacial score (nSPS) is 12.5. The summed E-state index contributed by atoms with van der Waals surface area (Å²) in [4.78, 5) is 64.8. The SMILES string of the molecule is CCCCCCCN(C(=O)C(CCC(N)=O)NC(=O)OC(C)(C)C)C(C(=O)NCC(=O)OC)c1ccccc1. The van der Waals surface area contributed by atoms with Crippen molar-refractivity contribution in [1.82, 2.24) is 15.5 Å². The van der Waals surface area contributed by atoms with Crippen molar-refractivity contribution in [2.75, 3.05) is 20.2 Å². The van der Waals surface area contributed by atoms with E-state index in [4.69, 9.17) is 10.5 Å². The number of nitrogens with two attached hydrogens (primary N) is 1. The molecule has 0 radical (unpaired) electrons. The second-order valence-electron chi connectivity index (χ2n) is 10.3. The van der Waals surface area contributed by atoms with Gasteiger partial charge in [-0.2, -0.15) is 0 Å². The predicted molar refractivity (Wildman–Crippen MR) is 146 cm³/mol. The van der Waals surface area contributed by atoms with Crippen LogP contribution in [0, 0.1) is 0 Å². The lowest BCUT2D eigenvalue weighted by molar-refractivity contribution is -0.145. The Morgan fingerprint density at radius 3 is 2.21 bits per heavy atom. The van der Waals surface area contributed by atoms with E-state index in [9.17, 15) is 24.0 Å². The Kier molecular flexibility index (Phi) is 14.6. The van der Waals surface area contributed by atoms with Crippen LogP contribution < -0.4 is 16.4 Å². The van der Waals surface area contributed by atoms with E-state index in [0.29, 0.717) is 12.0 Å². The number of primary amides is 1. The molecule has 11 heteroatoms. The lowest BCUT2D eigenvalue weighted by atomic mass is 10.0. The summed E-state index contributed by atoms with van der Waals surface area (Å²) in [6.07, 6.45) is 3.40. The van der Waals surface area contributed by atoms with E-state index in [1.165, 1.54) is 12.0 Å². The molecule has 11 nitrogen and oxygen atoms in total. The molecule has 0 aliphatic carbocycles. The molecule has 0 aliphatic rings. The zero-order valence-corrected chi connectivity index (χ0v) is 23.8. The highest BCUT2D eigenvalue weighted by atomic mass is 16.6. The molecule has 0 aliphatic heterocycles. The van der Waals surface area contributed by atoms with E-state index in [1.54, 1.807) is 51.1 Å². The van der Waals surface area contributed by atoms with E-state index in [1.807, 2.05) is 0 Å². The van der Waals surface area contributed by atoms with Gasteiger partial charge in [0.2, 0.25) is 17.7 Å². The number of hydrogen-bond donors (Lipinski definition) is 3. The van der Waals surface area contributed by atoms with E-state index in [2.05, 4.69) is 22.3 Å². The van der Waals surface area contributed by atoms with Crippen LogP contribution in [0.15, 0.2) is 30.3 Å². The Bertz CT molecular complexity index is 947. The molecular formula is C28H44N4O7. The molecular weight excluding hydrogens is 504 g/mol. The predicted octanol–water partition coefficient (Wildman–Crippen LogP) is 2.97. The number of alkyl carbamates (subject to hydrolysis) is 1. The van der Waals surface area contributed by atoms with Gasteiger partial charge in [0, 0.05) is 13.0 Å². The van der Waals surface area contributed by atoms with Crippen molar-refractivity contribution in [3.63, 3.8) is 0 Å². The number of benzene rings is 1. The lowest BCUT2D eigenvalue weighted by Gasteiger charge is -2.34. The highest BCUT2D eigenvalue weighted by molar-refractivity contribution is 5.93. The minimum Gasteiger partial charge on any atom is -0.468 e. The zero-order valence-electron chi connectivity index (χ0n) is 23.8. The van der Waals surface area contributed by atoms with Gasteiger partial charge in [-0.3, -0.25) is 19.2 Å². The molecule has 4 amide bonds. The van der Waals surface area contributed by atoms with Gasteiger partial charge in [-0.15, -0.1) is 0 Å². The highest BCUT2D eigenvalue weighted by Gasteiger charge is 2.36. The van der Waals surface area contributed by atoms with E-state index < -0.39 is 47.5 Å². The Morgan fingerprint density at radius 1 is 1.00 bits per heavy atom. The van der Waals surface area contributed by atoms with Crippen molar-refractivity contribution < 1.29 is 33.4 Å². The summed E-state index contributed by atoms with van der Waals surface area (Å²) in [5.74, 6) is -2.43. The number of nitrogens with zero attached hydrogens (tertiary/aromatic N) is 1. The van der Waals surface area contributed by atoms with Gasteiger partial charge in [-0.05, 0) is 39.2 Å². The van der Waals surface area contributed by atoms with Gasteiger partial charge < -0.3 is 30.7 Å². The number of ether oxygens (including phenoxy) is 2. The third-order valence-corrected chi connectivity index (χ3v) is 5.76. The van der Waals surface area contributed by atoms with Crippen LogP contribution in [-0.4, -0.2) is 66.5 Å².